The summed E-state index contributed by atoms with van der Waals surface area (Å²) in [5.41, 5.74) is 8.29. The third kappa shape index (κ3) is 5.10. The van der Waals surface area contributed by atoms with Gasteiger partial charge in [-0.3, -0.25) is 0 Å². The first-order chi connectivity index (χ1) is 25.3. The average molecular weight is 648 g/mol. The van der Waals surface area contributed by atoms with Crippen LogP contribution in [-0.4, -0.2) is 0 Å². The summed E-state index contributed by atoms with van der Waals surface area (Å²) in [5.74, 6) is 0. The Hall–Kier alpha value is -6.70. The molecule has 0 radical (unpaired) electrons. The van der Waals surface area contributed by atoms with Crippen LogP contribution in [0.15, 0.2) is 200 Å². The SMILES string of the molecule is c1ccc(N(c2ccccc2)c2ccc(-c3ccc4cc(-c5ccc6c(ccc7c6ccc6c8ccccc8ccc67)c5)ccc4c3)cc2)cc1. The van der Waals surface area contributed by atoms with Gasteiger partial charge in [0.05, 0.1) is 0 Å². The van der Waals surface area contributed by atoms with Gasteiger partial charge in [0.25, 0.3) is 0 Å². The van der Waals surface area contributed by atoms with E-state index < -0.39 is 0 Å². The summed E-state index contributed by atoms with van der Waals surface area (Å²) < 4.78 is 0. The van der Waals surface area contributed by atoms with E-state index >= 15 is 0 Å². The molecule has 10 aromatic carbocycles. The molecule has 0 heterocycles. The highest BCUT2D eigenvalue weighted by Crippen LogP contribution is 2.38. The first kappa shape index (κ1) is 29.2. The van der Waals surface area contributed by atoms with Crippen LogP contribution in [0, 0.1) is 0 Å². The third-order valence-corrected chi connectivity index (χ3v) is 10.4. The lowest BCUT2D eigenvalue weighted by molar-refractivity contribution is 1.28. The van der Waals surface area contributed by atoms with E-state index in [2.05, 4.69) is 205 Å². The monoisotopic (exact) mass is 647 g/mol. The van der Waals surface area contributed by atoms with E-state index in [1.54, 1.807) is 0 Å². The van der Waals surface area contributed by atoms with Gasteiger partial charge in [0.15, 0.2) is 0 Å². The van der Waals surface area contributed by atoms with Crippen LogP contribution in [0.2, 0.25) is 0 Å². The van der Waals surface area contributed by atoms with Crippen molar-refractivity contribution in [3.63, 3.8) is 0 Å². The van der Waals surface area contributed by atoms with Gasteiger partial charge >= 0.3 is 0 Å². The summed E-state index contributed by atoms with van der Waals surface area (Å²) in [6.45, 7) is 0. The van der Waals surface area contributed by atoms with Gasteiger partial charge in [0.2, 0.25) is 0 Å². The highest BCUT2D eigenvalue weighted by Gasteiger charge is 2.13. The molecule has 0 aliphatic heterocycles. The van der Waals surface area contributed by atoms with E-state index in [1.807, 2.05) is 0 Å². The molecule has 0 saturated heterocycles. The van der Waals surface area contributed by atoms with Crippen LogP contribution in [0.1, 0.15) is 0 Å². The number of anilines is 3. The first-order valence-electron chi connectivity index (χ1n) is 17.6. The van der Waals surface area contributed by atoms with Gasteiger partial charge in [0, 0.05) is 17.1 Å². The molecule has 0 saturated carbocycles. The Morgan fingerprint density at radius 2 is 0.588 bits per heavy atom. The fourth-order valence-corrected chi connectivity index (χ4v) is 7.83. The fraction of sp³-hybridized carbons (Fsp3) is 0. The number of hydrogen-bond donors (Lipinski definition) is 0. The van der Waals surface area contributed by atoms with E-state index in [4.69, 9.17) is 0 Å². The number of nitrogens with zero attached hydrogens (tertiary/aromatic N) is 1. The summed E-state index contributed by atoms with van der Waals surface area (Å²) in [7, 11) is 0. The van der Waals surface area contributed by atoms with E-state index in [-0.39, 0.29) is 0 Å². The topological polar surface area (TPSA) is 3.24 Å². The van der Waals surface area contributed by atoms with Crippen molar-refractivity contribution in [3.8, 4) is 22.3 Å². The van der Waals surface area contributed by atoms with Crippen LogP contribution in [0.5, 0.6) is 0 Å². The van der Waals surface area contributed by atoms with Gasteiger partial charge in [0.1, 0.15) is 0 Å². The lowest BCUT2D eigenvalue weighted by Crippen LogP contribution is -2.09. The minimum absolute atomic E-state index is 1.13. The first-order valence-corrected chi connectivity index (χ1v) is 17.6. The Morgan fingerprint density at radius 1 is 0.216 bits per heavy atom. The van der Waals surface area contributed by atoms with Crippen molar-refractivity contribution in [2.75, 3.05) is 4.90 Å². The second kappa shape index (κ2) is 12.0. The number of fused-ring (bicyclic) bond motifs is 8. The molecule has 10 rings (SSSR count). The minimum Gasteiger partial charge on any atom is -0.311 e. The molecule has 0 spiro atoms. The van der Waals surface area contributed by atoms with Crippen LogP contribution in [0.3, 0.4) is 0 Å². The molecule has 238 valence electrons. The number of para-hydroxylation sites is 2. The Morgan fingerprint density at radius 3 is 1.22 bits per heavy atom. The van der Waals surface area contributed by atoms with Gasteiger partial charge in [-0.05, 0) is 131 Å². The molecule has 0 bridgehead atoms. The summed E-state index contributed by atoms with van der Waals surface area (Å²) in [6.07, 6.45) is 0. The maximum absolute atomic E-state index is 2.34. The zero-order chi connectivity index (χ0) is 33.7. The van der Waals surface area contributed by atoms with E-state index in [1.165, 1.54) is 76.1 Å². The molecule has 10 aromatic rings. The molecule has 0 fully saturated rings. The Labute approximate surface area is 297 Å². The van der Waals surface area contributed by atoms with E-state index in [0.29, 0.717) is 0 Å². The quantitative estimate of drug-likeness (QED) is 0.168. The Balaban J connectivity index is 0.961. The van der Waals surface area contributed by atoms with E-state index in [9.17, 15) is 0 Å². The second-order valence-corrected chi connectivity index (χ2v) is 13.4. The maximum Gasteiger partial charge on any atom is 0.0462 e. The fourth-order valence-electron chi connectivity index (χ4n) is 7.83. The number of rotatable bonds is 5. The van der Waals surface area contributed by atoms with Crippen molar-refractivity contribution in [1.82, 2.24) is 0 Å². The summed E-state index contributed by atoms with van der Waals surface area (Å²) in [6, 6.07) is 72.9. The van der Waals surface area contributed by atoms with Crippen molar-refractivity contribution in [2.24, 2.45) is 0 Å². The van der Waals surface area contributed by atoms with Crippen molar-refractivity contribution in [3.05, 3.63) is 200 Å². The summed E-state index contributed by atoms with van der Waals surface area (Å²) in [4.78, 5) is 2.30. The summed E-state index contributed by atoms with van der Waals surface area (Å²) >= 11 is 0. The molecular formula is C50H33N. The van der Waals surface area contributed by atoms with Gasteiger partial charge in [-0.25, -0.2) is 0 Å². The van der Waals surface area contributed by atoms with Crippen molar-refractivity contribution >= 4 is 70.9 Å². The molecule has 0 atom stereocenters. The Bertz CT molecular complexity index is 2850. The Kier molecular flexibility index (Phi) is 6.89. The zero-order valence-electron chi connectivity index (χ0n) is 28.0. The normalized spacial score (nSPS) is 11.5. The largest absolute Gasteiger partial charge is 0.311 e. The predicted octanol–water partition coefficient (Wildman–Crippen LogP) is 14.3. The van der Waals surface area contributed by atoms with Crippen molar-refractivity contribution in [1.29, 1.82) is 0 Å². The second-order valence-electron chi connectivity index (χ2n) is 13.4. The molecular weight excluding hydrogens is 615 g/mol. The summed E-state index contributed by atoms with van der Waals surface area (Å²) in [5, 5.41) is 12.8. The molecule has 0 amide bonds. The highest BCUT2D eigenvalue weighted by molar-refractivity contribution is 6.22. The molecule has 0 unspecified atom stereocenters. The predicted molar refractivity (Wildman–Crippen MR) is 220 cm³/mol. The van der Waals surface area contributed by atoms with Gasteiger partial charge in [-0.15, -0.1) is 0 Å². The van der Waals surface area contributed by atoms with Gasteiger partial charge in [-0.1, -0.05) is 146 Å². The standard InChI is InChI=1S/C50H33N/c1-3-10-42(11-4-1)51(43-12-5-2-6-13-43)44-24-19-34(20-25-44)36-15-16-38-32-39(18-17-37(38)31-36)40-22-26-46-41(33-40)23-28-50-48(46)30-29-47-45-14-8-7-9-35(45)21-27-49(47)50/h1-33H. The van der Waals surface area contributed by atoms with Crippen molar-refractivity contribution < 1.29 is 0 Å². The maximum atomic E-state index is 2.34. The van der Waals surface area contributed by atoms with Gasteiger partial charge < -0.3 is 4.90 Å². The molecule has 0 aliphatic carbocycles. The van der Waals surface area contributed by atoms with Crippen molar-refractivity contribution in [2.45, 2.75) is 0 Å². The lowest BCUT2D eigenvalue weighted by Gasteiger charge is -2.25. The highest BCUT2D eigenvalue weighted by atomic mass is 15.1. The third-order valence-electron chi connectivity index (χ3n) is 10.4. The molecule has 1 nitrogen and oxygen atoms in total. The number of benzene rings is 10. The molecule has 51 heavy (non-hydrogen) atoms. The van der Waals surface area contributed by atoms with Crippen LogP contribution < -0.4 is 4.90 Å². The molecule has 1 heteroatoms. The smallest absolute Gasteiger partial charge is 0.0462 e. The average Bonchev–Trinajstić information content (AvgIpc) is 3.21. The lowest BCUT2D eigenvalue weighted by atomic mass is 9.92. The van der Waals surface area contributed by atoms with Crippen LogP contribution in [0.4, 0.5) is 17.1 Å². The molecule has 0 N–H and O–H groups in total. The molecule has 0 aromatic heterocycles. The van der Waals surface area contributed by atoms with E-state index in [0.717, 1.165) is 17.1 Å². The zero-order valence-corrected chi connectivity index (χ0v) is 28.0. The minimum atomic E-state index is 1.13. The van der Waals surface area contributed by atoms with Crippen LogP contribution in [-0.2, 0) is 0 Å². The van der Waals surface area contributed by atoms with Gasteiger partial charge in [-0.2, -0.15) is 0 Å². The molecule has 0 aliphatic rings. The number of hydrogen-bond acceptors (Lipinski definition) is 1. The van der Waals surface area contributed by atoms with Crippen LogP contribution >= 0.6 is 0 Å². The van der Waals surface area contributed by atoms with Crippen LogP contribution in [0.25, 0.3) is 76.1 Å².